The second-order valence-electron chi connectivity index (χ2n) is 6.71. The minimum absolute atomic E-state index is 0.00514. The van der Waals surface area contributed by atoms with Gasteiger partial charge >= 0.3 is 0 Å². The number of likely N-dealkylation sites (tertiary alicyclic amines) is 1. The molecule has 2 aromatic carbocycles. The normalized spacial score (nSPS) is 16.9. The number of carbonyl (C=O) groups excluding carboxylic acids is 1. The number of benzene rings is 2. The van der Waals surface area contributed by atoms with Crippen LogP contribution in [0.1, 0.15) is 40.8 Å². The van der Waals surface area contributed by atoms with E-state index in [1.165, 1.54) is 0 Å². The van der Waals surface area contributed by atoms with Crippen molar-refractivity contribution in [2.24, 2.45) is 0 Å². The number of nitrogens with zero attached hydrogens (tertiary/aromatic N) is 3. The molecule has 4 rings (SSSR count). The zero-order valence-corrected chi connectivity index (χ0v) is 15.2. The van der Waals surface area contributed by atoms with Gasteiger partial charge in [-0.3, -0.25) is 4.79 Å². The van der Waals surface area contributed by atoms with Crippen LogP contribution >= 0.6 is 0 Å². The van der Waals surface area contributed by atoms with Crippen LogP contribution in [0.15, 0.2) is 59.1 Å². The van der Waals surface area contributed by atoms with Gasteiger partial charge in [0.15, 0.2) is 5.82 Å². The van der Waals surface area contributed by atoms with E-state index in [-0.39, 0.29) is 11.8 Å². The standard InChI is InChI=1S/C21H21N3O3/c1-15-22-20(27-23-15)17-8-6-12-24(14-17)21(25)16-7-5-11-19(13-16)26-18-9-3-2-4-10-18/h2-5,7,9-11,13,17H,6,8,12,14H2,1H3/t17-/m0/s1. The van der Waals surface area contributed by atoms with Gasteiger partial charge in [-0.15, -0.1) is 0 Å². The number of hydrogen-bond donors (Lipinski definition) is 0. The summed E-state index contributed by atoms with van der Waals surface area (Å²) in [5.41, 5.74) is 0.616. The number of carbonyl (C=O) groups is 1. The van der Waals surface area contributed by atoms with E-state index in [1.54, 1.807) is 13.0 Å². The first-order chi connectivity index (χ1) is 13.2. The van der Waals surface area contributed by atoms with E-state index >= 15 is 0 Å². The predicted molar refractivity (Wildman–Crippen MR) is 99.9 cm³/mol. The molecule has 0 spiro atoms. The van der Waals surface area contributed by atoms with Gasteiger partial charge in [0.25, 0.3) is 5.91 Å². The number of amides is 1. The van der Waals surface area contributed by atoms with Crippen LogP contribution in [-0.2, 0) is 0 Å². The Bertz CT molecular complexity index is 923. The van der Waals surface area contributed by atoms with Crippen LogP contribution in [-0.4, -0.2) is 34.0 Å². The second-order valence-corrected chi connectivity index (χ2v) is 6.71. The van der Waals surface area contributed by atoms with Crippen LogP contribution in [0.4, 0.5) is 0 Å². The van der Waals surface area contributed by atoms with E-state index in [0.717, 1.165) is 25.1 Å². The van der Waals surface area contributed by atoms with Crippen LogP contribution in [0.5, 0.6) is 11.5 Å². The number of piperidine rings is 1. The lowest BCUT2D eigenvalue weighted by atomic mass is 9.97. The molecule has 1 fully saturated rings. The third kappa shape index (κ3) is 4.00. The monoisotopic (exact) mass is 363 g/mol. The summed E-state index contributed by atoms with van der Waals surface area (Å²) in [4.78, 5) is 19.2. The zero-order chi connectivity index (χ0) is 18.6. The first kappa shape index (κ1) is 17.3. The lowest BCUT2D eigenvalue weighted by Crippen LogP contribution is -2.39. The first-order valence-corrected chi connectivity index (χ1v) is 9.11. The summed E-state index contributed by atoms with van der Waals surface area (Å²) < 4.78 is 11.1. The van der Waals surface area contributed by atoms with Crippen molar-refractivity contribution in [1.82, 2.24) is 15.0 Å². The summed E-state index contributed by atoms with van der Waals surface area (Å²) in [6, 6.07) is 16.8. The Balaban J connectivity index is 1.48. The Kier molecular flexibility index (Phi) is 4.87. The van der Waals surface area contributed by atoms with Gasteiger partial charge in [-0.25, -0.2) is 0 Å². The SMILES string of the molecule is Cc1noc([C@H]2CCCN(C(=O)c3cccc(Oc4ccccc4)c3)C2)n1. The molecule has 1 atom stereocenters. The van der Waals surface area contributed by atoms with E-state index in [2.05, 4.69) is 10.1 Å². The highest BCUT2D eigenvalue weighted by Crippen LogP contribution is 2.28. The fourth-order valence-electron chi connectivity index (χ4n) is 3.34. The number of ether oxygens (including phenoxy) is 1. The Morgan fingerprint density at radius 3 is 2.74 bits per heavy atom. The predicted octanol–water partition coefficient (Wildman–Crippen LogP) is 4.19. The molecule has 0 radical (unpaired) electrons. The van der Waals surface area contributed by atoms with Gasteiger partial charge in [0.05, 0.1) is 5.92 Å². The third-order valence-electron chi connectivity index (χ3n) is 4.66. The molecular formula is C21H21N3O3. The summed E-state index contributed by atoms with van der Waals surface area (Å²) in [7, 11) is 0. The second kappa shape index (κ2) is 7.61. The average molecular weight is 363 g/mol. The Labute approximate surface area is 157 Å². The van der Waals surface area contributed by atoms with Crippen LogP contribution in [0, 0.1) is 6.92 Å². The van der Waals surface area contributed by atoms with Gasteiger partial charge in [0.1, 0.15) is 11.5 Å². The van der Waals surface area contributed by atoms with Crippen molar-refractivity contribution in [2.75, 3.05) is 13.1 Å². The molecule has 2 heterocycles. The van der Waals surface area contributed by atoms with Crippen molar-refractivity contribution >= 4 is 5.91 Å². The third-order valence-corrected chi connectivity index (χ3v) is 4.66. The Morgan fingerprint density at radius 1 is 1.15 bits per heavy atom. The van der Waals surface area contributed by atoms with Gasteiger partial charge in [0, 0.05) is 18.7 Å². The fraction of sp³-hybridized carbons (Fsp3) is 0.286. The highest BCUT2D eigenvalue weighted by atomic mass is 16.5. The average Bonchev–Trinajstić information content (AvgIpc) is 3.15. The lowest BCUT2D eigenvalue weighted by molar-refractivity contribution is 0.0695. The molecule has 27 heavy (non-hydrogen) atoms. The highest BCUT2D eigenvalue weighted by molar-refractivity contribution is 5.94. The van der Waals surface area contributed by atoms with E-state index < -0.39 is 0 Å². The molecule has 6 nitrogen and oxygen atoms in total. The minimum Gasteiger partial charge on any atom is -0.457 e. The quantitative estimate of drug-likeness (QED) is 0.695. The molecule has 0 N–H and O–H groups in total. The van der Waals surface area contributed by atoms with Gasteiger partial charge in [-0.1, -0.05) is 29.4 Å². The molecule has 1 aliphatic rings. The van der Waals surface area contributed by atoms with Crippen molar-refractivity contribution in [3.8, 4) is 11.5 Å². The maximum atomic E-state index is 13.0. The van der Waals surface area contributed by atoms with E-state index in [1.807, 2.05) is 53.4 Å². The maximum Gasteiger partial charge on any atom is 0.254 e. The lowest BCUT2D eigenvalue weighted by Gasteiger charge is -2.31. The maximum absolute atomic E-state index is 13.0. The smallest absolute Gasteiger partial charge is 0.254 e. The minimum atomic E-state index is -0.00514. The van der Waals surface area contributed by atoms with Crippen molar-refractivity contribution in [1.29, 1.82) is 0 Å². The number of rotatable bonds is 4. The molecule has 6 heteroatoms. The van der Waals surface area contributed by atoms with Crippen molar-refractivity contribution in [3.05, 3.63) is 71.9 Å². The molecule has 1 aliphatic heterocycles. The number of para-hydroxylation sites is 1. The molecule has 0 bridgehead atoms. The number of aromatic nitrogens is 2. The molecular weight excluding hydrogens is 342 g/mol. The van der Waals surface area contributed by atoms with Crippen LogP contribution < -0.4 is 4.74 Å². The molecule has 1 aromatic heterocycles. The molecule has 0 aliphatic carbocycles. The summed E-state index contributed by atoms with van der Waals surface area (Å²) in [6.45, 7) is 3.12. The Hall–Kier alpha value is -3.15. The number of hydrogen-bond acceptors (Lipinski definition) is 5. The van der Waals surface area contributed by atoms with Crippen molar-refractivity contribution in [2.45, 2.75) is 25.7 Å². The molecule has 1 amide bonds. The van der Waals surface area contributed by atoms with E-state index in [4.69, 9.17) is 9.26 Å². The zero-order valence-electron chi connectivity index (χ0n) is 15.2. The van der Waals surface area contributed by atoms with Gasteiger partial charge in [0.2, 0.25) is 5.89 Å². The van der Waals surface area contributed by atoms with Gasteiger partial charge in [-0.05, 0) is 50.1 Å². The van der Waals surface area contributed by atoms with Crippen molar-refractivity contribution < 1.29 is 14.1 Å². The molecule has 0 saturated carbocycles. The molecule has 138 valence electrons. The van der Waals surface area contributed by atoms with Gasteiger partial charge in [-0.2, -0.15) is 4.98 Å². The number of aryl methyl sites for hydroxylation is 1. The summed E-state index contributed by atoms with van der Waals surface area (Å²) >= 11 is 0. The topological polar surface area (TPSA) is 68.5 Å². The largest absolute Gasteiger partial charge is 0.457 e. The highest BCUT2D eigenvalue weighted by Gasteiger charge is 2.28. The van der Waals surface area contributed by atoms with Gasteiger partial charge < -0.3 is 14.2 Å². The van der Waals surface area contributed by atoms with Crippen LogP contribution in [0.2, 0.25) is 0 Å². The Morgan fingerprint density at radius 2 is 1.96 bits per heavy atom. The van der Waals surface area contributed by atoms with Crippen LogP contribution in [0.25, 0.3) is 0 Å². The van der Waals surface area contributed by atoms with E-state index in [0.29, 0.717) is 29.6 Å². The first-order valence-electron chi connectivity index (χ1n) is 9.11. The molecule has 3 aromatic rings. The fourth-order valence-corrected chi connectivity index (χ4v) is 3.34. The summed E-state index contributed by atoms with van der Waals surface area (Å²) in [6.07, 6.45) is 1.86. The van der Waals surface area contributed by atoms with E-state index in [9.17, 15) is 4.79 Å². The molecule has 0 unspecified atom stereocenters. The molecule has 1 saturated heterocycles. The van der Waals surface area contributed by atoms with Crippen LogP contribution in [0.3, 0.4) is 0 Å². The summed E-state index contributed by atoms with van der Waals surface area (Å²) in [5, 5.41) is 3.87. The summed E-state index contributed by atoms with van der Waals surface area (Å²) in [5.74, 6) is 2.72. The van der Waals surface area contributed by atoms with Crippen molar-refractivity contribution in [3.63, 3.8) is 0 Å².